The summed E-state index contributed by atoms with van der Waals surface area (Å²) in [7, 11) is 0. The number of thiol groups is 1. The molecule has 2 unspecified atom stereocenters. The van der Waals surface area contributed by atoms with Crippen molar-refractivity contribution in [2.45, 2.75) is 18.6 Å². The van der Waals surface area contributed by atoms with Gasteiger partial charge in [0, 0.05) is 11.3 Å². The van der Waals surface area contributed by atoms with Gasteiger partial charge in [0.1, 0.15) is 15.9 Å². The summed E-state index contributed by atoms with van der Waals surface area (Å²) in [5, 5.41) is 2.59. The van der Waals surface area contributed by atoms with E-state index in [-0.39, 0.29) is 5.57 Å². The molecule has 0 fully saturated rings. The molecule has 0 spiro atoms. The lowest BCUT2D eigenvalue weighted by Crippen LogP contribution is -2.43. The van der Waals surface area contributed by atoms with Crippen LogP contribution in [0.5, 0.6) is 0 Å². The molecule has 0 radical (unpaired) electrons. The first kappa shape index (κ1) is 17.5. The van der Waals surface area contributed by atoms with E-state index in [1.54, 1.807) is 30.3 Å². The number of hydrogen-bond donors (Lipinski definition) is 2. The molecule has 1 aromatic carbocycles. The van der Waals surface area contributed by atoms with Crippen LogP contribution < -0.4 is 5.32 Å². The summed E-state index contributed by atoms with van der Waals surface area (Å²) in [6.07, 6.45) is 0. The van der Waals surface area contributed by atoms with Crippen LogP contribution in [0.4, 0.5) is 5.69 Å². The van der Waals surface area contributed by atoms with E-state index in [4.69, 9.17) is 11.6 Å². The Morgan fingerprint density at radius 3 is 2.24 bits per heavy atom. The Bertz CT molecular complexity index is 586. The molecule has 1 amide bonds. The summed E-state index contributed by atoms with van der Waals surface area (Å²) in [6, 6.07) is 8.65. The highest BCUT2D eigenvalue weighted by Gasteiger charge is 2.45. The number of benzene rings is 1. The van der Waals surface area contributed by atoms with Crippen LogP contribution in [0.15, 0.2) is 42.5 Å². The number of hydrogen-bond acceptors (Lipinski definition) is 4. The smallest absolute Gasteiger partial charge is 0.252 e. The van der Waals surface area contributed by atoms with Crippen molar-refractivity contribution in [3.8, 4) is 0 Å². The molecule has 4 nitrogen and oxygen atoms in total. The number of para-hydroxylation sites is 1. The maximum atomic E-state index is 12.2. The number of carbonyl (C=O) groups is 3. The first-order valence-corrected chi connectivity index (χ1v) is 7.09. The van der Waals surface area contributed by atoms with Crippen LogP contribution >= 0.6 is 24.2 Å². The molecule has 1 aromatic rings. The Morgan fingerprint density at radius 2 is 1.81 bits per heavy atom. The first-order chi connectivity index (χ1) is 9.71. The van der Waals surface area contributed by atoms with Crippen molar-refractivity contribution in [2.24, 2.45) is 5.41 Å². The Morgan fingerprint density at radius 1 is 1.29 bits per heavy atom. The number of halogens is 1. The maximum Gasteiger partial charge on any atom is 0.252 e. The van der Waals surface area contributed by atoms with Gasteiger partial charge in [0.05, 0.1) is 0 Å². The van der Waals surface area contributed by atoms with Crippen LogP contribution in [0.3, 0.4) is 0 Å². The van der Waals surface area contributed by atoms with Crippen molar-refractivity contribution < 1.29 is 14.4 Å². The summed E-state index contributed by atoms with van der Waals surface area (Å²) in [5.41, 5.74) is -1.33. The van der Waals surface area contributed by atoms with Crippen LogP contribution in [0.25, 0.3) is 0 Å². The van der Waals surface area contributed by atoms with Gasteiger partial charge in [-0.3, -0.25) is 14.4 Å². The lowest BCUT2D eigenvalue weighted by Gasteiger charge is -2.27. The quantitative estimate of drug-likeness (QED) is 0.366. The second-order valence-electron chi connectivity index (χ2n) is 4.68. The van der Waals surface area contributed by atoms with Crippen molar-refractivity contribution in [1.82, 2.24) is 0 Å². The fourth-order valence-corrected chi connectivity index (χ4v) is 2.20. The third-order valence-electron chi connectivity index (χ3n) is 3.32. The van der Waals surface area contributed by atoms with E-state index in [1.807, 2.05) is 0 Å². The van der Waals surface area contributed by atoms with Gasteiger partial charge in [-0.05, 0) is 26.0 Å². The van der Waals surface area contributed by atoms with Gasteiger partial charge in [0.2, 0.25) is 0 Å². The standard InChI is InChI=1S/C15H16ClNO3S/c1-9(14(20)17-11-7-5-4-6-8-11)15(3,10(2)18)12(19)13(16)21/h4-8,13,21H,1H2,2-3H3,(H,17,20). The predicted molar refractivity (Wildman–Crippen MR) is 86.6 cm³/mol. The molecule has 0 heterocycles. The number of rotatable bonds is 6. The van der Waals surface area contributed by atoms with Gasteiger partial charge >= 0.3 is 0 Å². The van der Waals surface area contributed by atoms with E-state index in [1.165, 1.54) is 13.8 Å². The molecule has 0 bridgehead atoms. The third kappa shape index (κ3) is 3.74. The monoisotopic (exact) mass is 325 g/mol. The fourth-order valence-electron chi connectivity index (χ4n) is 1.73. The fraction of sp³-hybridized carbons (Fsp3) is 0.267. The molecule has 0 aliphatic carbocycles. The zero-order valence-electron chi connectivity index (χ0n) is 11.7. The average Bonchev–Trinajstić information content (AvgIpc) is 2.45. The Kier molecular flexibility index (Phi) is 5.75. The van der Waals surface area contributed by atoms with Gasteiger partial charge in [0.15, 0.2) is 5.78 Å². The molecule has 0 aromatic heterocycles. The van der Waals surface area contributed by atoms with Crippen LogP contribution in [-0.4, -0.2) is 22.2 Å². The molecule has 6 heteroatoms. The minimum absolute atomic E-state index is 0.163. The Labute approximate surface area is 134 Å². The van der Waals surface area contributed by atoms with E-state index in [2.05, 4.69) is 24.5 Å². The molecule has 0 saturated carbocycles. The Balaban J connectivity index is 3.05. The van der Waals surface area contributed by atoms with Crippen LogP contribution in [0.1, 0.15) is 13.8 Å². The lowest BCUT2D eigenvalue weighted by molar-refractivity contribution is -0.136. The molecule has 0 aliphatic rings. The summed E-state index contributed by atoms with van der Waals surface area (Å²) < 4.78 is -1.19. The van der Waals surface area contributed by atoms with Crippen molar-refractivity contribution in [3.63, 3.8) is 0 Å². The average molecular weight is 326 g/mol. The number of nitrogens with one attached hydrogen (secondary N) is 1. The number of anilines is 1. The number of amides is 1. The van der Waals surface area contributed by atoms with Gasteiger partial charge in [-0.25, -0.2) is 0 Å². The minimum Gasteiger partial charge on any atom is -0.322 e. The van der Waals surface area contributed by atoms with Crippen LogP contribution in [-0.2, 0) is 14.4 Å². The summed E-state index contributed by atoms with van der Waals surface area (Å²) in [6.45, 7) is 6.15. The summed E-state index contributed by atoms with van der Waals surface area (Å²) >= 11 is 9.49. The summed E-state index contributed by atoms with van der Waals surface area (Å²) in [5.74, 6) is -1.80. The molecule has 21 heavy (non-hydrogen) atoms. The maximum absolute atomic E-state index is 12.2. The molecule has 112 valence electrons. The number of carbonyl (C=O) groups excluding carboxylic acids is 3. The van der Waals surface area contributed by atoms with Crippen molar-refractivity contribution in [1.29, 1.82) is 0 Å². The topological polar surface area (TPSA) is 63.2 Å². The molecule has 1 rings (SSSR count). The second kappa shape index (κ2) is 6.91. The van der Waals surface area contributed by atoms with Gasteiger partial charge in [-0.15, -0.1) is 11.6 Å². The highest BCUT2D eigenvalue weighted by molar-refractivity contribution is 7.83. The highest BCUT2D eigenvalue weighted by atomic mass is 35.5. The zero-order valence-corrected chi connectivity index (χ0v) is 13.4. The van der Waals surface area contributed by atoms with E-state index in [0.29, 0.717) is 5.69 Å². The van der Waals surface area contributed by atoms with E-state index in [0.717, 1.165) is 0 Å². The number of Topliss-reactive ketones (excluding diaryl/α,β-unsaturated/α-hetero) is 2. The first-order valence-electron chi connectivity index (χ1n) is 6.14. The van der Waals surface area contributed by atoms with Gasteiger partial charge in [-0.2, -0.15) is 12.6 Å². The zero-order chi connectivity index (χ0) is 16.2. The molecular formula is C15H16ClNO3S. The molecule has 0 aliphatic heterocycles. The van der Waals surface area contributed by atoms with E-state index < -0.39 is 27.6 Å². The second-order valence-corrected chi connectivity index (χ2v) is 5.94. The summed E-state index contributed by atoms with van der Waals surface area (Å²) in [4.78, 5) is 36.2. The van der Waals surface area contributed by atoms with Gasteiger partial charge in [0.25, 0.3) is 5.91 Å². The predicted octanol–water partition coefficient (Wildman–Crippen LogP) is 2.84. The van der Waals surface area contributed by atoms with Gasteiger partial charge < -0.3 is 5.32 Å². The van der Waals surface area contributed by atoms with Crippen molar-refractivity contribution in [3.05, 3.63) is 42.5 Å². The van der Waals surface area contributed by atoms with Crippen molar-refractivity contribution in [2.75, 3.05) is 5.32 Å². The molecule has 1 N–H and O–H groups in total. The van der Waals surface area contributed by atoms with Gasteiger partial charge in [-0.1, -0.05) is 24.8 Å². The highest BCUT2D eigenvalue weighted by Crippen LogP contribution is 2.32. The minimum atomic E-state index is -1.70. The number of ketones is 2. The van der Waals surface area contributed by atoms with E-state index in [9.17, 15) is 14.4 Å². The van der Waals surface area contributed by atoms with Crippen molar-refractivity contribution >= 4 is 47.4 Å². The van der Waals surface area contributed by atoms with Crippen LogP contribution in [0, 0.1) is 5.41 Å². The van der Waals surface area contributed by atoms with E-state index >= 15 is 0 Å². The molecular weight excluding hydrogens is 310 g/mol. The molecule has 0 saturated heterocycles. The molecule has 2 atom stereocenters. The third-order valence-corrected chi connectivity index (χ3v) is 3.76. The normalized spacial score (nSPS) is 14.7. The van der Waals surface area contributed by atoms with Crippen LogP contribution in [0.2, 0.25) is 0 Å². The Hall–Kier alpha value is -1.59. The SMILES string of the molecule is C=C(C(=O)Nc1ccccc1)C(C)(C(C)=O)C(=O)C(S)Cl. The lowest BCUT2D eigenvalue weighted by atomic mass is 9.75. The largest absolute Gasteiger partial charge is 0.322 e. The number of alkyl halides is 1.